The molecule has 0 bridgehead atoms. The summed E-state index contributed by atoms with van der Waals surface area (Å²) in [5.41, 5.74) is 0.891. The Morgan fingerprint density at radius 1 is 1.38 bits per heavy atom. The highest BCUT2D eigenvalue weighted by Gasteiger charge is 2.19. The van der Waals surface area contributed by atoms with Crippen LogP contribution in [0.5, 0.6) is 0 Å². The van der Waals surface area contributed by atoms with Gasteiger partial charge in [0.25, 0.3) is 0 Å². The first kappa shape index (κ1) is 12.2. The summed E-state index contributed by atoms with van der Waals surface area (Å²) < 4.78 is 27.2. The fourth-order valence-electron chi connectivity index (χ4n) is 0.969. The van der Waals surface area contributed by atoms with Crippen LogP contribution in [0.25, 0.3) is 0 Å². The summed E-state index contributed by atoms with van der Waals surface area (Å²) in [6.07, 6.45) is -0.592. The Morgan fingerprint density at radius 3 is 2.44 bits per heavy atom. The largest absolute Gasteiger partial charge is 0.341 e. The molecule has 6 heteroatoms. The van der Waals surface area contributed by atoms with E-state index in [0.29, 0.717) is 0 Å². The number of carbonyl (C=O) groups is 1. The van der Waals surface area contributed by atoms with Crippen molar-refractivity contribution in [1.82, 2.24) is 0 Å². The fourth-order valence-corrected chi connectivity index (χ4v) is 1.84. The standard InChI is InChI=1S/C10H9NO4S/c1-8-2-4-9(5-3-8)16(13,14)15-10(12)6-7-11/h2-5H,6H2,1H3. The van der Waals surface area contributed by atoms with Gasteiger partial charge in [-0.1, -0.05) is 17.7 Å². The van der Waals surface area contributed by atoms with Gasteiger partial charge in [-0.15, -0.1) is 0 Å². The Bertz CT molecular complexity index is 525. The highest BCUT2D eigenvalue weighted by atomic mass is 32.2. The molecule has 16 heavy (non-hydrogen) atoms. The van der Waals surface area contributed by atoms with E-state index in [1.54, 1.807) is 19.1 Å². The molecule has 0 saturated heterocycles. The molecule has 0 aliphatic heterocycles. The van der Waals surface area contributed by atoms with Crippen LogP contribution in [-0.4, -0.2) is 14.4 Å². The molecule has 0 unspecified atom stereocenters. The smallest absolute Gasteiger partial charge is 0.341 e. The fraction of sp³-hybridized carbons (Fsp3) is 0.200. The molecule has 0 fully saturated rings. The van der Waals surface area contributed by atoms with Gasteiger partial charge >= 0.3 is 16.1 Å². The molecule has 0 radical (unpaired) electrons. The lowest BCUT2D eigenvalue weighted by atomic mass is 10.2. The summed E-state index contributed by atoms with van der Waals surface area (Å²) in [5.74, 6) is -1.08. The van der Waals surface area contributed by atoms with Gasteiger partial charge in [0.15, 0.2) is 0 Å². The van der Waals surface area contributed by atoms with Gasteiger partial charge in [-0.25, -0.2) is 4.79 Å². The zero-order valence-electron chi connectivity index (χ0n) is 8.50. The number of carbonyl (C=O) groups excluding carboxylic acids is 1. The van der Waals surface area contributed by atoms with Crippen LogP contribution in [0.2, 0.25) is 0 Å². The maximum Gasteiger partial charge on any atom is 0.341 e. The molecule has 0 spiro atoms. The molecule has 0 aromatic heterocycles. The summed E-state index contributed by atoms with van der Waals surface area (Å²) in [5, 5.41) is 8.19. The molecule has 0 N–H and O–H groups in total. The van der Waals surface area contributed by atoms with E-state index in [1.165, 1.54) is 18.2 Å². The van der Waals surface area contributed by atoms with E-state index in [2.05, 4.69) is 4.18 Å². The SMILES string of the molecule is Cc1ccc(S(=O)(=O)OC(=O)CC#N)cc1. The van der Waals surface area contributed by atoms with E-state index in [1.807, 2.05) is 0 Å². The predicted molar refractivity (Wildman–Crippen MR) is 54.7 cm³/mol. The van der Waals surface area contributed by atoms with E-state index >= 15 is 0 Å². The maximum absolute atomic E-state index is 11.5. The van der Waals surface area contributed by atoms with Crippen LogP contribution in [0.4, 0.5) is 0 Å². The van der Waals surface area contributed by atoms with E-state index < -0.39 is 22.5 Å². The van der Waals surface area contributed by atoms with Gasteiger partial charge in [0.2, 0.25) is 0 Å². The molecular formula is C10H9NO4S. The van der Waals surface area contributed by atoms with Gasteiger partial charge < -0.3 is 4.18 Å². The Morgan fingerprint density at radius 2 is 1.94 bits per heavy atom. The van der Waals surface area contributed by atoms with Crippen molar-refractivity contribution in [1.29, 1.82) is 5.26 Å². The number of aryl methyl sites for hydroxylation is 1. The van der Waals surface area contributed by atoms with E-state index in [0.717, 1.165) is 5.56 Å². The molecule has 0 heterocycles. The molecule has 0 atom stereocenters. The second-order valence-corrected chi connectivity index (χ2v) is 4.60. The third-order valence-corrected chi connectivity index (χ3v) is 2.99. The Hall–Kier alpha value is -1.87. The summed E-state index contributed by atoms with van der Waals surface area (Å²) in [6, 6.07) is 7.36. The Kier molecular flexibility index (Phi) is 3.64. The monoisotopic (exact) mass is 239 g/mol. The molecule has 1 aromatic rings. The Balaban J connectivity index is 2.91. The van der Waals surface area contributed by atoms with Crippen molar-refractivity contribution in [2.45, 2.75) is 18.2 Å². The van der Waals surface area contributed by atoms with E-state index in [-0.39, 0.29) is 4.90 Å². The van der Waals surface area contributed by atoms with Crippen molar-refractivity contribution >= 4 is 16.1 Å². The number of hydrogen-bond acceptors (Lipinski definition) is 5. The van der Waals surface area contributed by atoms with Crippen molar-refractivity contribution in [3.63, 3.8) is 0 Å². The highest BCUT2D eigenvalue weighted by Crippen LogP contribution is 2.13. The number of nitrogens with zero attached hydrogens (tertiary/aromatic N) is 1. The quantitative estimate of drug-likeness (QED) is 0.738. The van der Waals surface area contributed by atoms with Gasteiger partial charge in [-0.3, -0.25) is 0 Å². The minimum Gasteiger partial charge on any atom is -0.341 e. The van der Waals surface area contributed by atoms with Crippen molar-refractivity contribution in [2.24, 2.45) is 0 Å². The summed E-state index contributed by atoms with van der Waals surface area (Å²) in [6.45, 7) is 1.80. The zero-order chi connectivity index (χ0) is 12.2. The number of rotatable bonds is 3. The van der Waals surface area contributed by atoms with Gasteiger partial charge in [-0.2, -0.15) is 13.7 Å². The van der Waals surface area contributed by atoms with Gasteiger partial charge in [-0.05, 0) is 19.1 Å². The minimum atomic E-state index is -4.10. The van der Waals surface area contributed by atoms with Crippen LogP contribution in [-0.2, 0) is 19.1 Å². The van der Waals surface area contributed by atoms with Crippen molar-refractivity contribution < 1.29 is 17.4 Å². The lowest BCUT2D eigenvalue weighted by Crippen LogP contribution is -2.12. The van der Waals surface area contributed by atoms with Gasteiger partial charge in [0.1, 0.15) is 11.3 Å². The average Bonchev–Trinajstić information content (AvgIpc) is 2.17. The van der Waals surface area contributed by atoms with E-state index in [4.69, 9.17) is 5.26 Å². The summed E-state index contributed by atoms with van der Waals surface area (Å²) in [4.78, 5) is 10.8. The first-order valence-corrected chi connectivity index (χ1v) is 5.77. The van der Waals surface area contributed by atoms with Crippen LogP contribution in [0.1, 0.15) is 12.0 Å². The molecule has 1 aromatic carbocycles. The molecule has 0 aliphatic rings. The van der Waals surface area contributed by atoms with Crippen LogP contribution in [0.3, 0.4) is 0 Å². The molecule has 0 saturated carbocycles. The lowest BCUT2D eigenvalue weighted by Gasteiger charge is -2.03. The van der Waals surface area contributed by atoms with Crippen molar-refractivity contribution in [2.75, 3.05) is 0 Å². The number of benzene rings is 1. The summed E-state index contributed by atoms with van der Waals surface area (Å²) >= 11 is 0. The molecule has 0 amide bonds. The first-order valence-electron chi connectivity index (χ1n) is 4.36. The van der Waals surface area contributed by atoms with E-state index in [9.17, 15) is 13.2 Å². The molecule has 0 aliphatic carbocycles. The maximum atomic E-state index is 11.5. The summed E-state index contributed by atoms with van der Waals surface area (Å²) in [7, 11) is -4.10. The van der Waals surface area contributed by atoms with Gasteiger partial charge in [0.05, 0.1) is 6.07 Å². The zero-order valence-corrected chi connectivity index (χ0v) is 9.32. The molecule has 84 valence electrons. The first-order chi connectivity index (χ1) is 7.45. The van der Waals surface area contributed by atoms with Crippen LogP contribution < -0.4 is 0 Å². The van der Waals surface area contributed by atoms with Crippen LogP contribution in [0, 0.1) is 18.3 Å². The average molecular weight is 239 g/mol. The topological polar surface area (TPSA) is 84.2 Å². The third kappa shape index (κ3) is 3.07. The van der Waals surface area contributed by atoms with Crippen molar-refractivity contribution in [3.8, 4) is 6.07 Å². The lowest BCUT2D eigenvalue weighted by molar-refractivity contribution is -0.132. The normalized spacial score (nSPS) is 10.5. The van der Waals surface area contributed by atoms with Crippen molar-refractivity contribution in [3.05, 3.63) is 29.8 Å². The third-order valence-electron chi connectivity index (χ3n) is 1.74. The van der Waals surface area contributed by atoms with Crippen LogP contribution >= 0.6 is 0 Å². The Labute approximate surface area is 93.4 Å². The van der Waals surface area contributed by atoms with Crippen LogP contribution in [0.15, 0.2) is 29.2 Å². The second kappa shape index (κ2) is 4.77. The van der Waals surface area contributed by atoms with Gasteiger partial charge in [0, 0.05) is 0 Å². The number of hydrogen-bond donors (Lipinski definition) is 0. The predicted octanol–water partition coefficient (Wildman–Crippen LogP) is 1.14. The molecular weight excluding hydrogens is 230 g/mol. The molecule has 5 nitrogen and oxygen atoms in total. The molecule has 1 rings (SSSR count). The highest BCUT2D eigenvalue weighted by molar-refractivity contribution is 7.87. The minimum absolute atomic E-state index is 0.107. The number of nitriles is 1. The second-order valence-electron chi connectivity index (χ2n) is 3.06.